The summed E-state index contributed by atoms with van der Waals surface area (Å²) in [6.45, 7) is 4.13. The van der Waals surface area contributed by atoms with Crippen LogP contribution in [0.1, 0.15) is 24.8 Å². The summed E-state index contributed by atoms with van der Waals surface area (Å²) in [4.78, 5) is 29.1. The Hall–Kier alpha value is -2.34. The molecule has 8 nitrogen and oxygen atoms in total. The smallest absolute Gasteiger partial charge is 0.347 e. The molecule has 5 rings (SSSR count). The second kappa shape index (κ2) is 7.33. The molecule has 180 valence electrons. The molecule has 0 atom stereocenters. The van der Waals surface area contributed by atoms with E-state index in [4.69, 9.17) is 0 Å². The Balaban J connectivity index is 1.14. The van der Waals surface area contributed by atoms with E-state index in [-0.39, 0.29) is 22.9 Å². The van der Waals surface area contributed by atoms with Gasteiger partial charge in [-0.2, -0.15) is 13.2 Å². The van der Waals surface area contributed by atoms with Gasteiger partial charge in [-0.25, -0.2) is 13.2 Å². The Morgan fingerprint density at radius 3 is 2.39 bits per heavy atom. The summed E-state index contributed by atoms with van der Waals surface area (Å²) in [5, 5.41) is 2.97. The highest BCUT2D eigenvalue weighted by Gasteiger charge is 2.54. The molecule has 4 aliphatic heterocycles. The monoisotopic (exact) mass is 486 g/mol. The minimum atomic E-state index is -5.37. The maximum absolute atomic E-state index is 12.9. The molecule has 4 fully saturated rings. The second-order valence-corrected chi connectivity index (χ2v) is 11.8. The predicted octanol–water partition coefficient (Wildman–Crippen LogP) is 1.57. The molecule has 33 heavy (non-hydrogen) atoms. The number of sulfone groups is 1. The maximum atomic E-state index is 12.9. The van der Waals surface area contributed by atoms with E-state index in [1.165, 1.54) is 6.07 Å². The summed E-state index contributed by atoms with van der Waals surface area (Å²) in [7, 11) is -5.37. The number of nitrogens with zero attached hydrogens (tertiary/aromatic N) is 3. The number of nitrogens with one attached hydrogen (secondary N) is 1. The fourth-order valence-electron chi connectivity index (χ4n) is 5.55. The van der Waals surface area contributed by atoms with E-state index in [2.05, 4.69) is 10.2 Å². The fraction of sp³-hybridized carbons (Fsp3) is 0.619. The quantitative estimate of drug-likeness (QED) is 0.701. The van der Waals surface area contributed by atoms with Gasteiger partial charge in [0.2, 0.25) is 5.91 Å². The van der Waals surface area contributed by atoms with Crippen LogP contribution in [0.25, 0.3) is 0 Å². The van der Waals surface area contributed by atoms with Crippen LogP contribution in [0.5, 0.6) is 0 Å². The van der Waals surface area contributed by atoms with Gasteiger partial charge in [0, 0.05) is 51.1 Å². The number of urea groups is 1. The molecule has 4 heterocycles. The zero-order valence-corrected chi connectivity index (χ0v) is 18.7. The van der Waals surface area contributed by atoms with Crippen LogP contribution in [0, 0.1) is 5.41 Å². The number of amides is 3. The molecule has 1 aromatic rings. The average Bonchev–Trinajstić information content (AvgIpc) is 3.29. The third-order valence-electron chi connectivity index (χ3n) is 7.25. The Kier molecular flexibility index (Phi) is 4.99. The van der Waals surface area contributed by atoms with Gasteiger partial charge in [0.05, 0.1) is 10.4 Å². The van der Waals surface area contributed by atoms with Crippen molar-refractivity contribution in [3.8, 4) is 0 Å². The molecule has 0 aliphatic carbocycles. The summed E-state index contributed by atoms with van der Waals surface area (Å²) in [5.41, 5.74) is -5.09. The number of likely N-dealkylation sites (tertiary alicyclic amines) is 3. The maximum Gasteiger partial charge on any atom is 0.501 e. The number of hydrogen-bond donors (Lipinski definition) is 1. The van der Waals surface area contributed by atoms with Crippen LogP contribution in [0.2, 0.25) is 0 Å². The van der Waals surface area contributed by atoms with Crippen LogP contribution in [0.4, 0.5) is 18.0 Å². The van der Waals surface area contributed by atoms with Crippen molar-refractivity contribution in [2.75, 3.05) is 39.3 Å². The minimum Gasteiger partial charge on any atom is -0.347 e. The number of carbonyl (C=O) groups is 2. The third-order valence-corrected chi connectivity index (χ3v) is 8.74. The molecule has 12 heteroatoms. The highest BCUT2D eigenvalue weighted by Crippen LogP contribution is 2.42. The normalized spacial score (nSPS) is 24.2. The standard InChI is InChI=1S/C21H25F3N4O4S/c22-21(23,24)33(31,32)16-3-1-2-15(8-16)9-26-7-6-19(10-26)11-27(12-19)18(30)28-13-20(14-28)5-4-17(29)25-20/h1-3,8H,4-7,9-14H2,(H,25,29). The second-order valence-electron chi connectivity index (χ2n) is 9.88. The molecule has 1 N–H and O–H groups in total. The lowest BCUT2D eigenvalue weighted by Gasteiger charge is -2.54. The van der Waals surface area contributed by atoms with Crippen LogP contribution in [-0.2, 0) is 21.2 Å². The van der Waals surface area contributed by atoms with Gasteiger partial charge in [-0.05, 0) is 37.1 Å². The molecule has 0 bridgehead atoms. The number of hydrogen-bond acceptors (Lipinski definition) is 5. The van der Waals surface area contributed by atoms with Gasteiger partial charge in [-0.3, -0.25) is 9.69 Å². The van der Waals surface area contributed by atoms with E-state index in [9.17, 15) is 31.2 Å². The van der Waals surface area contributed by atoms with E-state index >= 15 is 0 Å². The molecule has 4 saturated heterocycles. The van der Waals surface area contributed by atoms with Gasteiger partial charge in [-0.15, -0.1) is 0 Å². The van der Waals surface area contributed by atoms with Crippen molar-refractivity contribution in [1.29, 1.82) is 0 Å². The molecule has 0 aromatic heterocycles. The van der Waals surface area contributed by atoms with Crippen LogP contribution >= 0.6 is 0 Å². The van der Waals surface area contributed by atoms with Crippen LogP contribution in [0.3, 0.4) is 0 Å². The molecule has 0 unspecified atom stereocenters. The van der Waals surface area contributed by atoms with E-state index in [0.717, 1.165) is 31.5 Å². The molecular formula is C21H25F3N4O4S. The molecule has 0 radical (unpaired) electrons. The highest BCUT2D eigenvalue weighted by atomic mass is 32.2. The van der Waals surface area contributed by atoms with Crippen LogP contribution < -0.4 is 5.32 Å². The number of rotatable bonds is 3. The lowest BCUT2D eigenvalue weighted by molar-refractivity contribution is -0.120. The van der Waals surface area contributed by atoms with Gasteiger partial charge in [0.15, 0.2) is 0 Å². The lowest BCUT2D eigenvalue weighted by Crippen LogP contribution is -2.72. The van der Waals surface area contributed by atoms with Crippen molar-refractivity contribution in [3.05, 3.63) is 29.8 Å². The van der Waals surface area contributed by atoms with Crippen molar-refractivity contribution in [3.63, 3.8) is 0 Å². The van der Waals surface area contributed by atoms with Crippen LogP contribution in [0.15, 0.2) is 29.2 Å². The predicted molar refractivity (Wildman–Crippen MR) is 111 cm³/mol. The van der Waals surface area contributed by atoms with Crippen LogP contribution in [-0.4, -0.2) is 85.4 Å². The summed E-state index contributed by atoms with van der Waals surface area (Å²) in [6, 6.07) is 4.99. The lowest BCUT2D eigenvalue weighted by atomic mass is 9.79. The highest BCUT2D eigenvalue weighted by molar-refractivity contribution is 7.92. The Morgan fingerprint density at radius 1 is 1.06 bits per heavy atom. The van der Waals surface area contributed by atoms with E-state index in [1.54, 1.807) is 11.0 Å². The zero-order chi connectivity index (χ0) is 23.6. The largest absolute Gasteiger partial charge is 0.501 e. The topological polar surface area (TPSA) is 90.0 Å². The Labute approximate surface area is 189 Å². The molecule has 2 spiro atoms. The molecule has 3 amide bonds. The number of alkyl halides is 3. The van der Waals surface area contributed by atoms with Gasteiger partial charge < -0.3 is 15.1 Å². The minimum absolute atomic E-state index is 0.0177. The SMILES string of the molecule is O=C1CCC2(CN(C(=O)N3CC4(CCN(Cc5cccc(S(=O)(=O)C(F)(F)F)c5)C4)C3)C2)N1. The number of carbonyl (C=O) groups excluding carboxylic acids is 2. The van der Waals surface area contributed by atoms with E-state index in [1.807, 2.05) is 4.90 Å². The van der Waals surface area contributed by atoms with E-state index < -0.39 is 20.2 Å². The van der Waals surface area contributed by atoms with Gasteiger partial charge in [0.1, 0.15) is 0 Å². The van der Waals surface area contributed by atoms with Crippen molar-refractivity contribution >= 4 is 21.8 Å². The van der Waals surface area contributed by atoms with Crippen molar-refractivity contribution in [2.24, 2.45) is 5.41 Å². The van der Waals surface area contributed by atoms with Gasteiger partial charge >= 0.3 is 11.5 Å². The molecule has 1 aromatic carbocycles. The number of benzene rings is 1. The first-order valence-electron chi connectivity index (χ1n) is 10.9. The molecular weight excluding hydrogens is 461 g/mol. The zero-order valence-electron chi connectivity index (χ0n) is 17.9. The van der Waals surface area contributed by atoms with E-state index in [0.29, 0.717) is 51.3 Å². The van der Waals surface area contributed by atoms with Crippen molar-refractivity contribution < 1.29 is 31.2 Å². The Morgan fingerprint density at radius 2 is 1.76 bits per heavy atom. The summed E-state index contributed by atoms with van der Waals surface area (Å²) < 4.78 is 61.9. The average molecular weight is 487 g/mol. The number of halogens is 3. The third kappa shape index (κ3) is 3.86. The first-order chi connectivity index (χ1) is 15.4. The first kappa shape index (κ1) is 22.5. The first-order valence-corrected chi connectivity index (χ1v) is 12.4. The summed E-state index contributed by atoms with van der Waals surface area (Å²) in [6.07, 6.45) is 2.15. The Bertz CT molecular complexity index is 1090. The van der Waals surface area contributed by atoms with Crippen molar-refractivity contribution in [1.82, 2.24) is 20.0 Å². The molecule has 0 saturated carbocycles. The fourth-order valence-corrected chi connectivity index (χ4v) is 6.38. The van der Waals surface area contributed by atoms with Crippen molar-refractivity contribution in [2.45, 2.75) is 41.7 Å². The summed E-state index contributed by atoms with van der Waals surface area (Å²) >= 11 is 0. The van der Waals surface area contributed by atoms with Gasteiger partial charge in [-0.1, -0.05) is 12.1 Å². The molecule has 4 aliphatic rings. The summed E-state index contributed by atoms with van der Waals surface area (Å²) in [5.74, 6) is 0.0394. The van der Waals surface area contributed by atoms with Gasteiger partial charge in [0.25, 0.3) is 9.84 Å².